The Kier molecular flexibility index (Phi) is 6.71. The molecule has 0 aromatic carbocycles. The SMILES string of the molecule is C[C@H](CF)[C@H](N)C(=O)O.Cl. The number of aliphatic carboxylic acids is 1. The van der Waals surface area contributed by atoms with Crippen LogP contribution in [0, 0.1) is 5.92 Å². The number of alkyl halides is 1. The molecule has 0 rings (SSSR count). The number of carbonyl (C=O) groups is 1. The van der Waals surface area contributed by atoms with Crippen LogP contribution in [0.3, 0.4) is 0 Å². The van der Waals surface area contributed by atoms with E-state index < -0.39 is 24.6 Å². The van der Waals surface area contributed by atoms with Crippen LogP contribution in [-0.4, -0.2) is 23.8 Å². The number of carboxylic acids is 1. The molecule has 0 aliphatic carbocycles. The van der Waals surface area contributed by atoms with E-state index in [1.54, 1.807) is 0 Å². The van der Waals surface area contributed by atoms with Crippen LogP contribution in [0.15, 0.2) is 0 Å². The summed E-state index contributed by atoms with van der Waals surface area (Å²) in [6.45, 7) is 0.770. The molecular weight excluding hydrogens is 161 g/mol. The van der Waals surface area contributed by atoms with Gasteiger partial charge < -0.3 is 10.8 Å². The van der Waals surface area contributed by atoms with Crippen LogP contribution in [0.1, 0.15) is 6.92 Å². The Bertz CT molecular complexity index is 112. The molecule has 0 saturated carbocycles. The fourth-order valence-electron chi connectivity index (χ4n) is 0.339. The van der Waals surface area contributed by atoms with Gasteiger partial charge in [-0.3, -0.25) is 9.18 Å². The van der Waals surface area contributed by atoms with Crippen molar-refractivity contribution in [2.75, 3.05) is 6.67 Å². The Morgan fingerprint density at radius 1 is 1.80 bits per heavy atom. The Morgan fingerprint density at radius 3 is 2.30 bits per heavy atom. The Labute approximate surface area is 64.8 Å². The molecule has 0 aliphatic rings. The van der Waals surface area contributed by atoms with Crippen LogP contribution < -0.4 is 5.73 Å². The molecule has 0 unspecified atom stereocenters. The Balaban J connectivity index is 0. The average molecular weight is 172 g/mol. The topological polar surface area (TPSA) is 63.3 Å². The second-order valence-electron chi connectivity index (χ2n) is 2.00. The Morgan fingerprint density at radius 2 is 2.20 bits per heavy atom. The first-order valence-electron chi connectivity index (χ1n) is 2.64. The van der Waals surface area contributed by atoms with Crippen molar-refractivity contribution in [2.24, 2.45) is 11.7 Å². The van der Waals surface area contributed by atoms with Gasteiger partial charge in [-0.1, -0.05) is 6.92 Å². The van der Waals surface area contributed by atoms with Crippen LogP contribution >= 0.6 is 12.4 Å². The van der Waals surface area contributed by atoms with Crippen molar-refractivity contribution in [3.05, 3.63) is 0 Å². The van der Waals surface area contributed by atoms with E-state index in [0.717, 1.165) is 0 Å². The van der Waals surface area contributed by atoms with Gasteiger partial charge in [0.2, 0.25) is 0 Å². The second kappa shape index (κ2) is 5.44. The van der Waals surface area contributed by atoms with Crippen molar-refractivity contribution in [2.45, 2.75) is 13.0 Å². The molecule has 5 heteroatoms. The standard InChI is InChI=1S/C5H10FNO2.ClH/c1-3(2-6)4(7)5(8)9;/h3-4H,2,7H2,1H3,(H,8,9);1H/t3-,4+;/m1./s1. The summed E-state index contributed by atoms with van der Waals surface area (Å²) < 4.78 is 11.7. The van der Waals surface area contributed by atoms with Crippen molar-refractivity contribution in [1.29, 1.82) is 0 Å². The van der Waals surface area contributed by atoms with Gasteiger partial charge in [-0.25, -0.2) is 0 Å². The minimum absolute atomic E-state index is 0. The summed E-state index contributed by atoms with van der Waals surface area (Å²) in [7, 11) is 0. The molecule has 62 valence electrons. The van der Waals surface area contributed by atoms with Crippen LogP contribution in [0.25, 0.3) is 0 Å². The lowest BCUT2D eigenvalue weighted by atomic mass is 10.1. The first-order valence-corrected chi connectivity index (χ1v) is 2.64. The first-order chi connectivity index (χ1) is 4.09. The molecule has 10 heavy (non-hydrogen) atoms. The summed E-state index contributed by atoms with van der Waals surface area (Å²) in [6.07, 6.45) is 0. The number of rotatable bonds is 3. The van der Waals surface area contributed by atoms with E-state index in [2.05, 4.69) is 0 Å². The smallest absolute Gasteiger partial charge is 0.320 e. The average Bonchev–Trinajstić information content (AvgIpc) is 1.84. The third-order valence-electron chi connectivity index (χ3n) is 1.14. The third kappa shape index (κ3) is 3.63. The predicted octanol–water partition coefficient (Wildman–Crippen LogP) is 0.426. The highest BCUT2D eigenvalue weighted by molar-refractivity contribution is 5.85. The van der Waals surface area contributed by atoms with Crippen molar-refractivity contribution >= 4 is 18.4 Å². The lowest BCUT2D eigenvalue weighted by Gasteiger charge is -2.10. The maximum Gasteiger partial charge on any atom is 0.320 e. The van der Waals surface area contributed by atoms with Gasteiger partial charge in [0.25, 0.3) is 0 Å². The summed E-state index contributed by atoms with van der Waals surface area (Å²) >= 11 is 0. The molecule has 0 aliphatic heterocycles. The van der Waals surface area contributed by atoms with Gasteiger partial charge in [0.05, 0.1) is 6.67 Å². The molecule has 0 radical (unpaired) electrons. The summed E-state index contributed by atoms with van der Waals surface area (Å²) in [5, 5.41) is 8.19. The molecule has 3 N–H and O–H groups in total. The summed E-state index contributed by atoms with van der Waals surface area (Å²) in [4.78, 5) is 10.0. The van der Waals surface area contributed by atoms with Gasteiger partial charge >= 0.3 is 5.97 Å². The molecule has 0 saturated heterocycles. The van der Waals surface area contributed by atoms with E-state index in [-0.39, 0.29) is 12.4 Å². The van der Waals surface area contributed by atoms with Crippen LogP contribution in [0.4, 0.5) is 4.39 Å². The van der Waals surface area contributed by atoms with Gasteiger partial charge in [-0.2, -0.15) is 0 Å². The van der Waals surface area contributed by atoms with Gasteiger partial charge in [0.1, 0.15) is 6.04 Å². The van der Waals surface area contributed by atoms with E-state index in [9.17, 15) is 9.18 Å². The minimum Gasteiger partial charge on any atom is -0.480 e. The molecule has 2 atom stereocenters. The van der Waals surface area contributed by atoms with E-state index >= 15 is 0 Å². The quantitative estimate of drug-likeness (QED) is 0.647. The first kappa shape index (κ1) is 12.3. The fraction of sp³-hybridized carbons (Fsp3) is 0.800. The Hall–Kier alpha value is -0.350. The highest BCUT2D eigenvalue weighted by Gasteiger charge is 2.18. The largest absolute Gasteiger partial charge is 0.480 e. The molecule has 0 spiro atoms. The highest BCUT2D eigenvalue weighted by Crippen LogP contribution is 2.00. The van der Waals surface area contributed by atoms with Crippen molar-refractivity contribution < 1.29 is 14.3 Å². The molecule has 3 nitrogen and oxygen atoms in total. The minimum atomic E-state index is -1.15. The maximum atomic E-state index is 11.7. The molecule has 0 aromatic rings. The van der Waals surface area contributed by atoms with E-state index in [1.807, 2.05) is 0 Å². The summed E-state index contributed by atoms with van der Waals surface area (Å²) in [5.41, 5.74) is 5.03. The zero-order valence-electron chi connectivity index (χ0n) is 5.58. The van der Waals surface area contributed by atoms with E-state index in [4.69, 9.17) is 10.8 Å². The van der Waals surface area contributed by atoms with Gasteiger partial charge in [0.15, 0.2) is 0 Å². The zero-order chi connectivity index (χ0) is 7.44. The third-order valence-corrected chi connectivity index (χ3v) is 1.14. The lowest BCUT2D eigenvalue weighted by molar-refractivity contribution is -0.139. The number of carboxylic acid groups (broad SMARTS) is 1. The van der Waals surface area contributed by atoms with Gasteiger partial charge in [-0.05, 0) is 0 Å². The van der Waals surface area contributed by atoms with Crippen molar-refractivity contribution in [3.63, 3.8) is 0 Å². The highest BCUT2D eigenvalue weighted by atomic mass is 35.5. The monoisotopic (exact) mass is 171 g/mol. The lowest BCUT2D eigenvalue weighted by Crippen LogP contribution is -2.37. The van der Waals surface area contributed by atoms with Crippen molar-refractivity contribution in [3.8, 4) is 0 Å². The number of nitrogens with two attached hydrogens (primary N) is 1. The predicted molar refractivity (Wildman–Crippen MR) is 38.0 cm³/mol. The van der Waals surface area contributed by atoms with E-state index in [1.165, 1.54) is 6.92 Å². The molecule has 0 aromatic heterocycles. The summed E-state index contributed by atoms with van der Waals surface area (Å²) in [5.74, 6) is -1.75. The van der Waals surface area contributed by atoms with Crippen LogP contribution in [0.5, 0.6) is 0 Å². The van der Waals surface area contributed by atoms with Crippen LogP contribution in [0.2, 0.25) is 0 Å². The zero-order valence-corrected chi connectivity index (χ0v) is 6.40. The molecule has 0 fully saturated rings. The number of hydrogen-bond donors (Lipinski definition) is 2. The van der Waals surface area contributed by atoms with Gasteiger partial charge in [-0.15, -0.1) is 12.4 Å². The normalized spacial score (nSPS) is 15.1. The van der Waals surface area contributed by atoms with Crippen molar-refractivity contribution in [1.82, 2.24) is 0 Å². The van der Waals surface area contributed by atoms with Crippen LogP contribution in [-0.2, 0) is 4.79 Å². The summed E-state index contributed by atoms with van der Waals surface area (Å²) in [6, 6.07) is -1.07. The molecule has 0 heterocycles. The second-order valence-corrected chi connectivity index (χ2v) is 2.00. The molecular formula is C5H11ClFNO2. The molecule has 0 amide bonds. The number of hydrogen-bond acceptors (Lipinski definition) is 2. The number of halogens is 2. The van der Waals surface area contributed by atoms with Gasteiger partial charge in [0, 0.05) is 5.92 Å². The molecule has 0 bridgehead atoms. The fourth-order valence-corrected chi connectivity index (χ4v) is 0.339. The maximum absolute atomic E-state index is 11.7. The van der Waals surface area contributed by atoms with E-state index in [0.29, 0.717) is 0 Å².